The van der Waals surface area contributed by atoms with Crippen molar-refractivity contribution >= 4 is 11.8 Å². The second kappa shape index (κ2) is 8.43. The quantitative estimate of drug-likeness (QED) is 0.476. The largest absolute Gasteiger partial charge is 0.394 e. The van der Waals surface area contributed by atoms with Crippen LogP contribution in [0.2, 0.25) is 0 Å². The average Bonchev–Trinajstić information content (AvgIpc) is 2.91. The molecule has 0 aromatic heterocycles. The molecule has 1 aliphatic heterocycles. The lowest BCUT2D eigenvalue weighted by atomic mass is 10.1. The fourth-order valence-corrected chi connectivity index (χ4v) is 2.73. The third kappa shape index (κ3) is 3.95. The molecular formula is C16H17F5N2O3. The molecule has 1 atom stereocenters. The molecule has 1 saturated heterocycles. The van der Waals surface area contributed by atoms with Crippen molar-refractivity contribution in [3.8, 4) is 0 Å². The van der Waals surface area contributed by atoms with Crippen LogP contribution in [0.1, 0.15) is 36.0 Å². The lowest BCUT2D eigenvalue weighted by Gasteiger charge is -2.25. The van der Waals surface area contributed by atoms with Crippen LogP contribution in [0, 0.1) is 29.1 Å². The number of aliphatic hydroxyl groups is 1. The SMILES string of the molecule is O=C(N[C@@H](CO)C(=O)N1CCCCCC1)c1c(F)c(F)c(F)c(F)c1F. The first-order chi connectivity index (χ1) is 12.3. The number of carbonyl (C=O) groups excluding carboxylic acids is 2. The number of rotatable bonds is 4. The number of hydrogen-bond acceptors (Lipinski definition) is 3. The number of nitrogens with zero attached hydrogens (tertiary/aromatic N) is 1. The Labute approximate surface area is 145 Å². The van der Waals surface area contributed by atoms with E-state index < -0.39 is 59.1 Å². The van der Waals surface area contributed by atoms with Crippen LogP contribution >= 0.6 is 0 Å². The summed E-state index contributed by atoms with van der Waals surface area (Å²) in [7, 11) is 0. The number of likely N-dealkylation sites (tertiary alicyclic amines) is 1. The molecule has 1 heterocycles. The summed E-state index contributed by atoms with van der Waals surface area (Å²) >= 11 is 0. The molecule has 0 aliphatic carbocycles. The Morgan fingerprint density at radius 3 is 1.81 bits per heavy atom. The Hall–Kier alpha value is -2.23. The Morgan fingerprint density at radius 1 is 0.885 bits per heavy atom. The molecule has 1 aromatic rings. The maximum Gasteiger partial charge on any atom is 0.258 e. The molecule has 0 spiro atoms. The number of hydrogen-bond donors (Lipinski definition) is 2. The van der Waals surface area contributed by atoms with E-state index in [1.165, 1.54) is 4.90 Å². The van der Waals surface area contributed by atoms with Crippen molar-refractivity contribution in [2.75, 3.05) is 19.7 Å². The van der Waals surface area contributed by atoms with Gasteiger partial charge in [0.15, 0.2) is 23.3 Å². The van der Waals surface area contributed by atoms with Crippen molar-refractivity contribution in [3.05, 3.63) is 34.6 Å². The van der Waals surface area contributed by atoms with Gasteiger partial charge in [0.2, 0.25) is 11.7 Å². The van der Waals surface area contributed by atoms with Crippen molar-refractivity contribution in [1.82, 2.24) is 10.2 Å². The molecule has 26 heavy (non-hydrogen) atoms. The van der Waals surface area contributed by atoms with Crippen molar-refractivity contribution in [2.45, 2.75) is 31.7 Å². The number of halogens is 5. The van der Waals surface area contributed by atoms with Gasteiger partial charge >= 0.3 is 0 Å². The van der Waals surface area contributed by atoms with Crippen LogP contribution < -0.4 is 5.32 Å². The van der Waals surface area contributed by atoms with Gasteiger partial charge in [-0.05, 0) is 12.8 Å². The lowest BCUT2D eigenvalue weighted by Crippen LogP contribution is -2.51. The van der Waals surface area contributed by atoms with Gasteiger partial charge in [-0.3, -0.25) is 9.59 Å². The zero-order chi connectivity index (χ0) is 19.4. The Morgan fingerprint density at radius 2 is 1.35 bits per heavy atom. The summed E-state index contributed by atoms with van der Waals surface area (Å²) in [4.78, 5) is 25.7. The highest BCUT2D eigenvalue weighted by molar-refractivity contribution is 5.98. The van der Waals surface area contributed by atoms with Crippen molar-refractivity contribution in [1.29, 1.82) is 0 Å². The minimum Gasteiger partial charge on any atom is -0.394 e. The van der Waals surface area contributed by atoms with Gasteiger partial charge in [0.25, 0.3) is 5.91 Å². The van der Waals surface area contributed by atoms with Gasteiger partial charge < -0.3 is 15.3 Å². The molecule has 144 valence electrons. The smallest absolute Gasteiger partial charge is 0.258 e. The zero-order valence-electron chi connectivity index (χ0n) is 13.6. The average molecular weight is 380 g/mol. The van der Waals surface area contributed by atoms with E-state index >= 15 is 0 Å². The van der Waals surface area contributed by atoms with Crippen molar-refractivity contribution < 1.29 is 36.6 Å². The minimum absolute atomic E-state index is 0.383. The fraction of sp³-hybridized carbons (Fsp3) is 0.500. The second-order valence-electron chi connectivity index (χ2n) is 5.89. The predicted octanol–water partition coefficient (Wildman–Crippen LogP) is 1.88. The highest BCUT2D eigenvalue weighted by atomic mass is 19.2. The molecule has 0 unspecified atom stereocenters. The van der Waals surface area contributed by atoms with E-state index in [1.807, 2.05) is 5.32 Å². The summed E-state index contributed by atoms with van der Waals surface area (Å²) in [5.41, 5.74) is -1.71. The van der Waals surface area contributed by atoms with Crippen molar-refractivity contribution in [2.24, 2.45) is 0 Å². The number of aliphatic hydroxyl groups excluding tert-OH is 1. The molecule has 1 aliphatic rings. The van der Waals surface area contributed by atoms with Crippen LogP contribution in [0.25, 0.3) is 0 Å². The molecule has 2 rings (SSSR count). The number of nitrogens with one attached hydrogen (secondary N) is 1. The Bertz CT molecular complexity index is 677. The monoisotopic (exact) mass is 380 g/mol. The van der Waals surface area contributed by atoms with Crippen molar-refractivity contribution in [3.63, 3.8) is 0 Å². The molecule has 2 amide bonds. The van der Waals surface area contributed by atoms with Crippen LogP contribution in [0.15, 0.2) is 0 Å². The lowest BCUT2D eigenvalue weighted by molar-refractivity contribution is -0.134. The maximum atomic E-state index is 13.7. The first-order valence-corrected chi connectivity index (χ1v) is 8.01. The van der Waals surface area contributed by atoms with Gasteiger partial charge in [-0.25, -0.2) is 22.0 Å². The second-order valence-corrected chi connectivity index (χ2v) is 5.89. The number of carbonyl (C=O) groups is 2. The molecule has 10 heteroatoms. The van der Waals surface area contributed by atoms with E-state index in [2.05, 4.69) is 0 Å². The summed E-state index contributed by atoms with van der Waals surface area (Å²) in [6.45, 7) is -0.127. The maximum absolute atomic E-state index is 13.7. The third-order valence-electron chi connectivity index (χ3n) is 4.14. The summed E-state index contributed by atoms with van der Waals surface area (Å²) in [5.74, 6) is -13.9. The molecule has 0 saturated carbocycles. The van der Waals surface area contributed by atoms with E-state index in [4.69, 9.17) is 0 Å². The van der Waals surface area contributed by atoms with E-state index in [9.17, 15) is 36.6 Å². The topological polar surface area (TPSA) is 69.6 Å². The van der Waals surface area contributed by atoms with Gasteiger partial charge in [0, 0.05) is 13.1 Å². The first-order valence-electron chi connectivity index (χ1n) is 8.01. The van der Waals surface area contributed by atoms with E-state index in [0.29, 0.717) is 13.1 Å². The molecule has 0 radical (unpaired) electrons. The summed E-state index contributed by atoms with van der Waals surface area (Å²) in [6.07, 6.45) is 3.25. The van der Waals surface area contributed by atoms with Crippen LogP contribution in [-0.2, 0) is 4.79 Å². The normalized spacial score (nSPS) is 16.2. The fourth-order valence-electron chi connectivity index (χ4n) is 2.73. The van der Waals surface area contributed by atoms with Gasteiger partial charge in [-0.1, -0.05) is 12.8 Å². The molecule has 2 N–H and O–H groups in total. The highest BCUT2D eigenvalue weighted by Crippen LogP contribution is 2.23. The molecule has 0 bridgehead atoms. The Kier molecular flexibility index (Phi) is 6.52. The van der Waals surface area contributed by atoms with Crippen LogP contribution in [0.3, 0.4) is 0 Å². The molecular weight excluding hydrogens is 363 g/mol. The van der Waals surface area contributed by atoms with Gasteiger partial charge in [-0.15, -0.1) is 0 Å². The van der Waals surface area contributed by atoms with Gasteiger partial charge in [0.1, 0.15) is 11.6 Å². The highest BCUT2D eigenvalue weighted by Gasteiger charge is 2.32. The number of benzene rings is 1. The van der Waals surface area contributed by atoms with E-state index in [0.717, 1.165) is 25.7 Å². The minimum atomic E-state index is -2.39. The van der Waals surface area contributed by atoms with Gasteiger partial charge in [-0.2, -0.15) is 0 Å². The molecule has 1 aromatic carbocycles. The predicted molar refractivity (Wildman–Crippen MR) is 79.6 cm³/mol. The van der Waals surface area contributed by atoms with Crippen LogP contribution in [0.5, 0.6) is 0 Å². The van der Waals surface area contributed by atoms with Crippen LogP contribution in [-0.4, -0.2) is 47.6 Å². The molecule has 1 fully saturated rings. The van der Waals surface area contributed by atoms with E-state index in [-0.39, 0.29) is 0 Å². The summed E-state index contributed by atoms with van der Waals surface area (Å²) in [5, 5.41) is 11.2. The summed E-state index contributed by atoms with van der Waals surface area (Å²) in [6, 6.07) is -1.56. The third-order valence-corrected chi connectivity index (χ3v) is 4.14. The summed E-state index contributed by atoms with van der Waals surface area (Å²) < 4.78 is 66.8. The molecule has 5 nitrogen and oxygen atoms in total. The number of amides is 2. The first kappa shape index (κ1) is 20.1. The van der Waals surface area contributed by atoms with Crippen LogP contribution in [0.4, 0.5) is 22.0 Å². The standard InChI is InChI=1S/C16H17F5N2O3/c17-10-9(11(18)13(20)14(21)12(10)19)15(25)22-8(7-24)16(26)23-5-3-1-2-4-6-23/h8,24H,1-7H2,(H,22,25)/t8-/m0/s1. The van der Waals surface area contributed by atoms with Gasteiger partial charge in [0.05, 0.1) is 6.61 Å². The van der Waals surface area contributed by atoms with E-state index in [1.54, 1.807) is 0 Å². The zero-order valence-corrected chi connectivity index (χ0v) is 13.6. The Balaban J connectivity index is 2.23.